The van der Waals surface area contributed by atoms with Gasteiger partial charge in [0.1, 0.15) is 0 Å². The summed E-state index contributed by atoms with van der Waals surface area (Å²) in [6.07, 6.45) is 2.71. The Morgan fingerprint density at radius 3 is 2.74 bits per heavy atom. The van der Waals surface area contributed by atoms with E-state index in [1.54, 1.807) is 0 Å². The highest BCUT2D eigenvalue weighted by Gasteiger charge is 2.14. The summed E-state index contributed by atoms with van der Waals surface area (Å²) in [4.78, 5) is 2.55. The number of aryl methyl sites for hydroxylation is 1. The lowest BCUT2D eigenvalue weighted by atomic mass is 10.1. The summed E-state index contributed by atoms with van der Waals surface area (Å²) in [6.45, 7) is 9.01. The van der Waals surface area contributed by atoms with Crippen LogP contribution in [0.25, 0.3) is 0 Å². The van der Waals surface area contributed by atoms with Crippen LogP contribution < -0.4 is 11.1 Å². The van der Waals surface area contributed by atoms with Crippen LogP contribution in [0.3, 0.4) is 0 Å². The minimum Gasteiger partial charge on any atom is -0.398 e. The van der Waals surface area contributed by atoms with Gasteiger partial charge < -0.3 is 16.0 Å². The number of rotatable bonds is 5. The average molecular weight is 282 g/mol. The third-order valence-electron chi connectivity index (χ3n) is 3.75. The van der Waals surface area contributed by atoms with Crippen LogP contribution in [0.5, 0.6) is 0 Å². The zero-order chi connectivity index (χ0) is 13.8. The quantitative estimate of drug-likeness (QED) is 0.813. The lowest BCUT2D eigenvalue weighted by molar-refractivity contribution is 0.294. The predicted molar refractivity (Wildman–Crippen MR) is 83.9 cm³/mol. The molecule has 0 spiro atoms. The molecule has 1 atom stereocenters. The fraction of sp³-hybridized carbons (Fsp3) is 0.600. The largest absolute Gasteiger partial charge is 0.398 e. The molecule has 1 saturated heterocycles. The number of hydrogen-bond acceptors (Lipinski definition) is 3. The van der Waals surface area contributed by atoms with Crippen molar-refractivity contribution in [1.82, 2.24) is 4.90 Å². The van der Waals surface area contributed by atoms with E-state index in [1.807, 2.05) is 12.1 Å². The summed E-state index contributed by atoms with van der Waals surface area (Å²) >= 11 is 6.07. The molecule has 4 heteroatoms. The first-order chi connectivity index (χ1) is 9.06. The van der Waals surface area contributed by atoms with Gasteiger partial charge in [-0.15, -0.1) is 0 Å². The molecular formula is C15H24ClN3. The van der Waals surface area contributed by atoms with Crippen LogP contribution >= 0.6 is 11.6 Å². The molecule has 3 N–H and O–H groups in total. The van der Waals surface area contributed by atoms with Gasteiger partial charge in [0.2, 0.25) is 0 Å². The van der Waals surface area contributed by atoms with Gasteiger partial charge >= 0.3 is 0 Å². The number of nitrogen functional groups attached to an aromatic ring is 1. The van der Waals surface area contributed by atoms with E-state index in [0.717, 1.165) is 17.8 Å². The zero-order valence-electron chi connectivity index (χ0n) is 11.9. The second-order valence-corrected chi connectivity index (χ2v) is 6.09. The highest BCUT2D eigenvalue weighted by molar-refractivity contribution is 6.33. The molecule has 1 aromatic carbocycles. The number of benzene rings is 1. The van der Waals surface area contributed by atoms with Crippen molar-refractivity contribution in [2.45, 2.75) is 26.7 Å². The van der Waals surface area contributed by atoms with Crippen molar-refractivity contribution >= 4 is 23.0 Å². The van der Waals surface area contributed by atoms with Gasteiger partial charge in [-0.1, -0.05) is 18.5 Å². The number of likely N-dealkylation sites (tertiary alicyclic amines) is 1. The SMILES string of the molecule is Cc1cc(N)c(Cl)cc1NCC(C)CN1CCCC1. The molecule has 19 heavy (non-hydrogen) atoms. The van der Waals surface area contributed by atoms with Crippen LogP contribution in [0, 0.1) is 12.8 Å². The molecule has 0 aliphatic carbocycles. The summed E-state index contributed by atoms with van der Waals surface area (Å²) in [5.41, 5.74) is 8.67. The van der Waals surface area contributed by atoms with Gasteiger partial charge in [0.15, 0.2) is 0 Å². The fourth-order valence-electron chi connectivity index (χ4n) is 2.65. The smallest absolute Gasteiger partial charge is 0.0656 e. The highest BCUT2D eigenvalue weighted by Crippen LogP contribution is 2.26. The summed E-state index contributed by atoms with van der Waals surface area (Å²) < 4.78 is 0. The molecule has 1 fully saturated rings. The van der Waals surface area contributed by atoms with Crippen molar-refractivity contribution in [2.75, 3.05) is 37.2 Å². The Balaban J connectivity index is 1.85. The number of nitrogens with one attached hydrogen (secondary N) is 1. The maximum Gasteiger partial charge on any atom is 0.0656 e. The highest BCUT2D eigenvalue weighted by atomic mass is 35.5. The standard InChI is InChI=1S/C15H24ClN3/c1-11(10-19-5-3-4-6-19)9-18-15-8-13(16)14(17)7-12(15)2/h7-8,11,18H,3-6,9-10,17H2,1-2H3. The monoisotopic (exact) mass is 281 g/mol. The molecule has 1 unspecified atom stereocenters. The molecule has 2 rings (SSSR count). The van der Waals surface area contributed by atoms with E-state index in [4.69, 9.17) is 17.3 Å². The molecule has 1 aliphatic heterocycles. The van der Waals surface area contributed by atoms with Crippen LogP contribution in [0.1, 0.15) is 25.3 Å². The van der Waals surface area contributed by atoms with E-state index in [2.05, 4.69) is 24.1 Å². The normalized spacial score (nSPS) is 17.6. The van der Waals surface area contributed by atoms with Crippen LogP contribution in [0.4, 0.5) is 11.4 Å². The van der Waals surface area contributed by atoms with Gasteiger partial charge in [0.05, 0.1) is 10.7 Å². The lowest BCUT2D eigenvalue weighted by Crippen LogP contribution is -2.29. The molecule has 0 saturated carbocycles. The summed E-state index contributed by atoms with van der Waals surface area (Å²) in [5.74, 6) is 0.633. The maximum atomic E-state index is 6.07. The predicted octanol–water partition coefficient (Wildman–Crippen LogP) is 3.37. The number of halogens is 1. The molecule has 3 nitrogen and oxygen atoms in total. The lowest BCUT2D eigenvalue weighted by Gasteiger charge is -2.21. The Morgan fingerprint density at radius 2 is 2.05 bits per heavy atom. The average Bonchev–Trinajstić information content (AvgIpc) is 2.85. The molecule has 1 aromatic rings. The molecule has 0 radical (unpaired) electrons. The van der Waals surface area contributed by atoms with Crippen molar-refractivity contribution in [3.05, 3.63) is 22.7 Å². The number of anilines is 2. The Hall–Kier alpha value is -0.930. The molecule has 1 heterocycles. The van der Waals surface area contributed by atoms with Gasteiger partial charge in [-0.05, 0) is 56.5 Å². The van der Waals surface area contributed by atoms with Gasteiger partial charge in [0.25, 0.3) is 0 Å². The molecule has 1 aliphatic rings. The van der Waals surface area contributed by atoms with Crippen molar-refractivity contribution in [3.8, 4) is 0 Å². The van der Waals surface area contributed by atoms with Crippen LogP contribution in [-0.2, 0) is 0 Å². The van der Waals surface area contributed by atoms with Gasteiger partial charge in [-0.25, -0.2) is 0 Å². The first-order valence-electron chi connectivity index (χ1n) is 7.08. The summed E-state index contributed by atoms with van der Waals surface area (Å²) in [7, 11) is 0. The van der Waals surface area contributed by atoms with E-state index in [-0.39, 0.29) is 0 Å². The van der Waals surface area contributed by atoms with E-state index in [1.165, 1.54) is 32.5 Å². The first-order valence-corrected chi connectivity index (χ1v) is 7.46. The van der Waals surface area contributed by atoms with Gasteiger partial charge in [-0.3, -0.25) is 0 Å². The third kappa shape index (κ3) is 4.02. The summed E-state index contributed by atoms with van der Waals surface area (Å²) in [5, 5.41) is 4.11. The Morgan fingerprint density at radius 1 is 1.37 bits per heavy atom. The molecule has 0 amide bonds. The van der Waals surface area contributed by atoms with Crippen molar-refractivity contribution in [2.24, 2.45) is 5.92 Å². The van der Waals surface area contributed by atoms with Gasteiger partial charge in [0, 0.05) is 18.8 Å². The van der Waals surface area contributed by atoms with Gasteiger partial charge in [-0.2, -0.15) is 0 Å². The third-order valence-corrected chi connectivity index (χ3v) is 4.08. The Kier molecular flexibility index (Phi) is 4.94. The van der Waals surface area contributed by atoms with E-state index >= 15 is 0 Å². The Bertz CT molecular complexity index is 428. The van der Waals surface area contributed by atoms with Crippen LogP contribution in [0.15, 0.2) is 12.1 Å². The van der Waals surface area contributed by atoms with E-state index in [0.29, 0.717) is 16.6 Å². The second-order valence-electron chi connectivity index (χ2n) is 5.68. The van der Waals surface area contributed by atoms with E-state index in [9.17, 15) is 0 Å². The van der Waals surface area contributed by atoms with Crippen LogP contribution in [0.2, 0.25) is 5.02 Å². The number of nitrogens with two attached hydrogens (primary N) is 1. The first kappa shape index (κ1) is 14.5. The number of nitrogens with zero attached hydrogens (tertiary/aromatic N) is 1. The van der Waals surface area contributed by atoms with Crippen molar-refractivity contribution < 1.29 is 0 Å². The number of hydrogen-bond donors (Lipinski definition) is 2. The minimum atomic E-state index is 0.625. The van der Waals surface area contributed by atoms with E-state index < -0.39 is 0 Å². The second kappa shape index (κ2) is 6.49. The molecule has 106 valence electrons. The van der Waals surface area contributed by atoms with Crippen LogP contribution in [-0.4, -0.2) is 31.1 Å². The Labute approximate surface area is 121 Å². The van der Waals surface area contributed by atoms with Crippen molar-refractivity contribution in [1.29, 1.82) is 0 Å². The van der Waals surface area contributed by atoms with Crippen molar-refractivity contribution in [3.63, 3.8) is 0 Å². The fourth-order valence-corrected chi connectivity index (χ4v) is 2.81. The molecule has 0 bridgehead atoms. The molecule has 0 aromatic heterocycles. The molecular weight excluding hydrogens is 258 g/mol. The summed E-state index contributed by atoms with van der Waals surface area (Å²) in [6, 6.07) is 3.85. The zero-order valence-corrected chi connectivity index (χ0v) is 12.6. The minimum absolute atomic E-state index is 0.625. The maximum absolute atomic E-state index is 6.07. The topological polar surface area (TPSA) is 41.3 Å².